The minimum atomic E-state index is -0.359. The molecule has 126 valence electrons. The minimum absolute atomic E-state index is 0.0445. The average molecular weight is 317 g/mol. The van der Waals surface area contributed by atoms with Gasteiger partial charge in [-0.15, -0.1) is 0 Å². The molecule has 0 aliphatic carbocycles. The van der Waals surface area contributed by atoms with Gasteiger partial charge in [0.25, 0.3) is 0 Å². The van der Waals surface area contributed by atoms with Gasteiger partial charge < -0.3 is 14.7 Å². The number of rotatable bonds is 5. The van der Waals surface area contributed by atoms with E-state index in [1.165, 1.54) is 0 Å². The molecular weight excluding hydrogens is 290 g/mol. The molecule has 1 fully saturated rings. The molecule has 4 nitrogen and oxygen atoms in total. The lowest BCUT2D eigenvalue weighted by molar-refractivity contribution is -0.128. The van der Waals surface area contributed by atoms with Crippen LogP contribution in [0, 0.1) is 5.92 Å². The molecule has 0 bridgehead atoms. The van der Waals surface area contributed by atoms with Crippen molar-refractivity contribution in [2.75, 3.05) is 20.2 Å². The maximum Gasteiger partial charge on any atom is 0.246 e. The lowest BCUT2D eigenvalue weighted by atomic mass is 9.93. The number of hydrogen-bond donors (Lipinski definition) is 1. The van der Waals surface area contributed by atoms with Gasteiger partial charge in [0, 0.05) is 25.1 Å². The summed E-state index contributed by atoms with van der Waals surface area (Å²) in [4.78, 5) is 14.4. The van der Waals surface area contributed by atoms with Crippen molar-refractivity contribution in [3.63, 3.8) is 0 Å². The van der Waals surface area contributed by atoms with Gasteiger partial charge in [0.15, 0.2) is 0 Å². The number of carbonyl (C=O) groups excluding carboxylic acids is 1. The van der Waals surface area contributed by atoms with E-state index in [4.69, 9.17) is 4.74 Å². The van der Waals surface area contributed by atoms with Crippen molar-refractivity contribution in [1.82, 2.24) is 4.90 Å². The Morgan fingerprint density at radius 1 is 1.43 bits per heavy atom. The van der Waals surface area contributed by atoms with E-state index in [2.05, 4.69) is 6.92 Å². The van der Waals surface area contributed by atoms with Crippen molar-refractivity contribution in [3.8, 4) is 5.75 Å². The minimum Gasteiger partial charge on any atom is -0.497 e. The Labute approximate surface area is 138 Å². The van der Waals surface area contributed by atoms with Crippen LogP contribution in [0.15, 0.2) is 30.3 Å². The monoisotopic (exact) mass is 317 g/mol. The molecule has 2 rings (SSSR count). The molecule has 1 heterocycles. The van der Waals surface area contributed by atoms with Gasteiger partial charge in [-0.05, 0) is 49.5 Å². The number of aliphatic hydroxyl groups excluding tert-OH is 1. The predicted octanol–water partition coefficient (Wildman–Crippen LogP) is 3.11. The van der Waals surface area contributed by atoms with Crippen LogP contribution < -0.4 is 4.74 Å². The molecule has 1 saturated heterocycles. The zero-order valence-corrected chi connectivity index (χ0v) is 14.3. The van der Waals surface area contributed by atoms with Crippen molar-refractivity contribution < 1.29 is 14.6 Å². The van der Waals surface area contributed by atoms with Gasteiger partial charge in [-0.3, -0.25) is 4.79 Å². The third-order valence-corrected chi connectivity index (χ3v) is 4.59. The summed E-state index contributed by atoms with van der Waals surface area (Å²) in [6.45, 7) is 5.28. The highest BCUT2D eigenvalue weighted by atomic mass is 16.5. The first kappa shape index (κ1) is 17.5. The second-order valence-corrected chi connectivity index (χ2v) is 6.18. The number of carbonyl (C=O) groups is 1. The van der Waals surface area contributed by atoms with Crippen molar-refractivity contribution in [2.24, 2.45) is 5.92 Å². The first-order chi connectivity index (χ1) is 11.0. The van der Waals surface area contributed by atoms with Crippen molar-refractivity contribution in [2.45, 2.75) is 39.2 Å². The van der Waals surface area contributed by atoms with Crippen LogP contribution >= 0.6 is 0 Å². The van der Waals surface area contributed by atoms with Crippen LogP contribution in [0.2, 0.25) is 0 Å². The molecule has 2 atom stereocenters. The van der Waals surface area contributed by atoms with E-state index in [0.29, 0.717) is 6.54 Å². The highest BCUT2D eigenvalue weighted by molar-refractivity contribution is 5.95. The molecule has 0 aromatic heterocycles. The summed E-state index contributed by atoms with van der Waals surface area (Å²) >= 11 is 0. The van der Waals surface area contributed by atoms with Gasteiger partial charge in [-0.1, -0.05) is 19.1 Å². The highest BCUT2D eigenvalue weighted by Crippen LogP contribution is 2.23. The number of amides is 1. The van der Waals surface area contributed by atoms with Gasteiger partial charge in [0.1, 0.15) is 5.75 Å². The Bertz CT molecular complexity index is 548. The molecule has 1 aliphatic rings. The molecule has 2 unspecified atom stereocenters. The van der Waals surface area contributed by atoms with Crippen LogP contribution in [0.5, 0.6) is 5.75 Å². The van der Waals surface area contributed by atoms with E-state index >= 15 is 0 Å². The highest BCUT2D eigenvalue weighted by Gasteiger charge is 2.25. The van der Waals surface area contributed by atoms with Gasteiger partial charge in [-0.25, -0.2) is 0 Å². The van der Waals surface area contributed by atoms with E-state index in [1.807, 2.05) is 36.1 Å². The Morgan fingerprint density at radius 3 is 2.70 bits per heavy atom. The number of likely N-dealkylation sites (tertiary alicyclic amines) is 1. The summed E-state index contributed by atoms with van der Waals surface area (Å²) in [5.41, 5.74) is 2.07. The van der Waals surface area contributed by atoms with Gasteiger partial charge in [0.2, 0.25) is 5.91 Å². The normalized spacial score (nSPS) is 20.3. The molecule has 0 saturated carbocycles. The van der Waals surface area contributed by atoms with Gasteiger partial charge in [0.05, 0.1) is 13.2 Å². The predicted molar refractivity (Wildman–Crippen MR) is 92.2 cm³/mol. The Morgan fingerprint density at radius 2 is 2.13 bits per heavy atom. The van der Waals surface area contributed by atoms with E-state index in [0.717, 1.165) is 42.7 Å². The lowest BCUT2D eigenvalue weighted by Crippen LogP contribution is -2.42. The Balaban J connectivity index is 2.11. The maximum absolute atomic E-state index is 12.6. The average Bonchev–Trinajstić information content (AvgIpc) is 2.59. The first-order valence-electron chi connectivity index (χ1n) is 8.37. The van der Waals surface area contributed by atoms with Crippen LogP contribution in [0.1, 0.15) is 38.7 Å². The molecule has 1 amide bonds. The molecule has 4 heteroatoms. The Kier molecular flexibility index (Phi) is 6.22. The zero-order valence-electron chi connectivity index (χ0n) is 14.3. The summed E-state index contributed by atoms with van der Waals surface area (Å²) in [6.07, 6.45) is 4.13. The zero-order chi connectivity index (χ0) is 16.8. The van der Waals surface area contributed by atoms with Crippen LogP contribution in [-0.4, -0.2) is 42.2 Å². The number of ether oxygens (including phenoxy) is 1. The maximum atomic E-state index is 12.6. The molecule has 1 aromatic rings. The summed E-state index contributed by atoms with van der Waals surface area (Å²) in [6, 6.07) is 7.79. The van der Waals surface area contributed by atoms with Crippen molar-refractivity contribution in [1.29, 1.82) is 0 Å². The second-order valence-electron chi connectivity index (χ2n) is 6.18. The number of methoxy groups -OCH3 is 1. The lowest BCUT2D eigenvalue weighted by Gasteiger charge is -2.33. The van der Waals surface area contributed by atoms with E-state index in [9.17, 15) is 9.90 Å². The largest absolute Gasteiger partial charge is 0.497 e. The fraction of sp³-hybridized carbons (Fsp3) is 0.526. The SMILES string of the molecule is CC/C(=C/C(=O)N1CCCC(C(C)O)C1)c1ccc(OC)cc1. The summed E-state index contributed by atoms with van der Waals surface area (Å²) in [7, 11) is 1.64. The van der Waals surface area contributed by atoms with Crippen LogP contribution in [0.25, 0.3) is 5.57 Å². The third-order valence-electron chi connectivity index (χ3n) is 4.59. The number of piperidine rings is 1. The van der Waals surface area contributed by atoms with Crippen LogP contribution in [-0.2, 0) is 4.79 Å². The van der Waals surface area contributed by atoms with Gasteiger partial charge >= 0.3 is 0 Å². The molecule has 23 heavy (non-hydrogen) atoms. The smallest absolute Gasteiger partial charge is 0.246 e. The second kappa shape index (κ2) is 8.16. The molecule has 1 aliphatic heterocycles. The molecular formula is C19H27NO3. The summed E-state index contributed by atoms with van der Waals surface area (Å²) in [5.74, 6) is 1.04. The first-order valence-corrected chi connectivity index (χ1v) is 8.37. The van der Waals surface area contributed by atoms with Crippen LogP contribution in [0.3, 0.4) is 0 Å². The van der Waals surface area contributed by atoms with E-state index in [1.54, 1.807) is 13.2 Å². The third kappa shape index (κ3) is 4.58. The fourth-order valence-electron chi connectivity index (χ4n) is 3.04. The standard InChI is InChI=1S/C19H27NO3/c1-4-15(16-7-9-18(23-3)10-8-16)12-19(22)20-11-5-6-17(13-20)14(2)21/h7-10,12,14,17,21H,4-6,11,13H2,1-3H3/b15-12-. The number of allylic oxidation sites excluding steroid dienone is 1. The van der Waals surface area contributed by atoms with Gasteiger partial charge in [-0.2, -0.15) is 0 Å². The molecule has 0 spiro atoms. The Hall–Kier alpha value is -1.81. The summed E-state index contributed by atoms with van der Waals surface area (Å²) < 4.78 is 5.17. The number of aliphatic hydroxyl groups is 1. The molecule has 1 aromatic carbocycles. The van der Waals surface area contributed by atoms with E-state index in [-0.39, 0.29) is 17.9 Å². The quantitative estimate of drug-likeness (QED) is 0.849. The van der Waals surface area contributed by atoms with Crippen molar-refractivity contribution >= 4 is 11.5 Å². The van der Waals surface area contributed by atoms with E-state index < -0.39 is 0 Å². The number of nitrogens with zero attached hydrogens (tertiary/aromatic N) is 1. The molecule has 1 N–H and O–H groups in total. The topological polar surface area (TPSA) is 49.8 Å². The van der Waals surface area contributed by atoms with Crippen LogP contribution in [0.4, 0.5) is 0 Å². The summed E-state index contributed by atoms with van der Waals surface area (Å²) in [5, 5.41) is 9.77. The molecule has 0 radical (unpaired) electrons. The van der Waals surface area contributed by atoms with Crippen molar-refractivity contribution in [3.05, 3.63) is 35.9 Å². The number of benzene rings is 1. The fourth-order valence-corrected chi connectivity index (χ4v) is 3.04. The number of hydrogen-bond acceptors (Lipinski definition) is 3.